The summed E-state index contributed by atoms with van der Waals surface area (Å²) >= 11 is 0. The van der Waals surface area contributed by atoms with Gasteiger partial charge >= 0.3 is 0 Å². The molecule has 3 unspecified atom stereocenters. The fourth-order valence-electron chi connectivity index (χ4n) is 2.63. The maximum absolute atomic E-state index is 3.56. The van der Waals surface area contributed by atoms with Crippen molar-refractivity contribution in [2.24, 2.45) is 11.8 Å². The molecule has 1 saturated heterocycles. The first kappa shape index (κ1) is 11.7. The van der Waals surface area contributed by atoms with Gasteiger partial charge in [-0.15, -0.1) is 0 Å². The first-order valence-electron chi connectivity index (χ1n) is 6.44. The number of rotatable bonds is 2. The highest BCUT2D eigenvalue weighted by Gasteiger charge is 2.24. The number of piperidine rings is 1. The molecule has 0 aromatic heterocycles. The zero-order valence-electron chi connectivity index (χ0n) is 10.7. The Bertz CT molecular complexity index is 328. The third-order valence-corrected chi connectivity index (χ3v) is 3.87. The van der Waals surface area contributed by atoms with E-state index in [1.807, 2.05) is 0 Å². The summed E-state index contributed by atoms with van der Waals surface area (Å²) in [5, 5.41) is 3.56. The minimum Gasteiger partial charge on any atom is -0.314 e. The first-order chi connectivity index (χ1) is 7.65. The topological polar surface area (TPSA) is 12.0 Å². The zero-order valence-corrected chi connectivity index (χ0v) is 10.7. The van der Waals surface area contributed by atoms with Crippen LogP contribution in [0.4, 0.5) is 0 Å². The Morgan fingerprint density at radius 3 is 2.56 bits per heavy atom. The third-order valence-electron chi connectivity index (χ3n) is 3.87. The van der Waals surface area contributed by atoms with E-state index in [-0.39, 0.29) is 0 Å². The fourth-order valence-corrected chi connectivity index (χ4v) is 2.63. The van der Waals surface area contributed by atoms with Gasteiger partial charge in [-0.05, 0) is 50.6 Å². The van der Waals surface area contributed by atoms with Crippen molar-refractivity contribution < 1.29 is 0 Å². The molecule has 1 aromatic carbocycles. The lowest BCUT2D eigenvalue weighted by Crippen LogP contribution is -2.41. The average Bonchev–Trinajstić information content (AvgIpc) is 2.27. The van der Waals surface area contributed by atoms with Gasteiger partial charge in [0.15, 0.2) is 0 Å². The molecule has 1 heteroatoms. The smallest absolute Gasteiger partial charge is 0.00417 e. The SMILES string of the molecule is Cc1ccc(CC2CC(C)NCC2C)cc1. The van der Waals surface area contributed by atoms with E-state index in [2.05, 4.69) is 50.4 Å². The van der Waals surface area contributed by atoms with Crippen LogP contribution < -0.4 is 5.32 Å². The summed E-state index contributed by atoms with van der Waals surface area (Å²) in [7, 11) is 0. The normalized spacial score (nSPS) is 30.3. The molecule has 1 aromatic rings. The van der Waals surface area contributed by atoms with Crippen molar-refractivity contribution in [3.63, 3.8) is 0 Å². The number of aryl methyl sites for hydroxylation is 1. The quantitative estimate of drug-likeness (QED) is 0.802. The predicted octanol–water partition coefficient (Wildman–Crippen LogP) is 3.17. The minimum absolute atomic E-state index is 0.687. The Balaban J connectivity index is 2.00. The van der Waals surface area contributed by atoms with Gasteiger partial charge in [0.1, 0.15) is 0 Å². The van der Waals surface area contributed by atoms with Crippen molar-refractivity contribution >= 4 is 0 Å². The lowest BCUT2D eigenvalue weighted by Gasteiger charge is -2.33. The van der Waals surface area contributed by atoms with Gasteiger partial charge in [0.25, 0.3) is 0 Å². The van der Waals surface area contributed by atoms with Crippen LogP contribution in [0.25, 0.3) is 0 Å². The van der Waals surface area contributed by atoms with Gasteiger partial charge in [-0.3, -0.25) is 0 Å². The summed E-state index contributed by atoms with van der Waals surface area (Å²) in [6, 6.07) is 9.71. The number of hydrogen-bond acceptors (Lipinski definition) is 1. The van der Waals surface area contributed by atoms with Crippen LogP contribution >= 0.6 is 0 Å². The minimum atomic E-state index is 0.687. The van der Waals surface area contributed by atoms with E-state index in [9.17, 15) is 0 Å². The molecule has 1 fully saturated rings. The molecule has 0 aliphatic carbocycles. The van der Waals surface area contributed by atoms with Crippen molar-refractivity contribution in [1.29, 1.82) is 0 Å². The summed E-state index contributed by atoms with van der Waals surface area (Å²) in [6.45, 7) is 8.00. The van der Waals surface area contributed by atoms with Gasteiger partial charge in [-0.1, -0.05) is 36.8 Å². The Morgan fingerprint density at radius 1 is 1.19 bits per heavy atom. The van der Waals surface area contributed by atoms with Gasteiger partial charge in [0, 0.05) is 6.04 Å². The highest BCUT2D eigenvalue weighted by atomic mass is 14.9. The maximum Gasteiger partial charge on any atom is 0.00417 e. The van der Waals surface area contributed by atoms with E-state index < -0.39 is 0 Å². The van der Waals surface area contributed by atoms with Crippen LogP contribution in [-0.2, 0) is 6.42 Å². The van der Waals surface area contributed by atoms with Crippen LogP contribution in [0, 0.1) is 18.8 Å². The van der Waals surface area contributed by atoms with E-state index in [1.165, 1.54) is 30.5 Å². The molecule has 0 saturated carbocycles. The molecule has 1 N–H and O–H groups in total. The van der Waals surface area contributed by atoms with Crippen LogP contribution in [0.15, 0.2) is 24.3 Å². The summed E-state index contributed by atoms with van der Waals surface area (Å²) in [4.78, 5) is 0. The van der Waals surface area contributed by atoms with Gasteiger partial charge in [-0.2, -0.15) is 0 Å². The monoisotopic (exact) mass is 217 g/mol. The lowest BCUT2D eigenvalue weighted by atomic mass is 9.80. The Kier molecular flexibility index (Phi) is 3.65. The van der Waals surface area contributed by atoms with Crippen molar-refractivity contribution in [3.05, 3.63) is 35.4 Å². The molecule has 0 spiro atoms. The lowest BCUT2D eigenvalue weighted by molar-refractivity contribution is 0.231. The van der Waals surface area contributed by atoms with Gasteiger partial charge in [-0.25, -0.2) is 0 Å². The van der Waals surface area contributed by atoms with Gasteiger partial charge in [0.05, 0.1) is 0 Å². The van der Waals surface area contributed by atoms with Crippen molar-refractivity contribution in [1.82, 2.24) is 5.32 Å². The molecule has 88 valence electrons. The number of hydrogen-bond donors (Lipinski definition) is 1. The molecule has 1 aliphatic rings. The Labute approximate surface area is 99.3 Å². The van der Waals surface area contributed by atoms with Crippen LogP contribution in [-0.4, -0.2) is 12.6 Å². The molecule has 0 radical (unpaired) electrons. The molecule has 1 aliphatic heterocycles. The Hall–Kier alpha value is -0.820. The van der Waals surface area contributed by atoms with Crippen molar-refractivity contribution in [2.45, 2.75) is 39.7 Å². The molecular formula is C15H23N. The summed E-state index contributed by atoms with van der Waals surface area (Å²) in [6.07, 6.45) is 2.56. The maximum atomic E-state index is 3.56. The summed E-state index contributed by atoms with van der Waals surface area (Å²) in [5.41, 5.74) is 2.85. The standard InChI is InChI=1S/C15H23N/c1-11-4-6-14(7-5-11)9-15-8-13(3)16-10-12(15)2/h4-7,12-13,15-16H,8-10H2,1-3H3. The van der Waals surface area contributed by atoms with Gasteiger partial charge < -0.3 is 5.32 Å². The highest BCUT2D eigenvalue weighted by Crippen LogP contribution is 2.25. The first-order valence-corrected chi connectivity index (χ1v) is 6.44. The molecule has 1 nitrogen and oxygen atoms in total. The summed E-state index contributed by atoms with van der Waals surface area (Å²) < 4.78 is 0. The van der Waals surface area contributed by atoms with E-state index in [4.69, 9.17) is 0 Å². The molecule has 16 heavy (non-hydrogen) atoms. The second kappa shape index (κ2) is 5.01. The fraction of sp³-hybridized carbons (Fsp3) is 0.600. The molecular weight excluding hydrogens is 194 g/mol. The van der Waals surface area contributed by atoms with Gasteiger partial charge in [0.2, 0.25) is 0 Å². The van der Waals surface area contributed by atoms with E-state index in [0.717, 1.165) is 11.8 Å². The molecule has 3 atom stereocenters. The predicted molar refractivity (Wildman–Crippen MR) is 69.6 cm³/mol. The van der Waals surface area contributed by atoms with Crippen molar-refractivity contribution in [2.75, 3.05) is 6.54 Å². The third kappa shape index (κ3) is 2.85. The van der Waals surface area contributed by atoms with Crippen molar-refractivity contribution in [3.8, 4) is 0 Å². The van der Waals surface area contributed by atoms with Crippen LogP contribution in [0.1, 0.15) is 31.4 Å². The van der Waals surface area contributed by atoms with E-state index in [0.29, 0.717) is 6.04 Å². The number of nitrogens with one attached hydrogen (secondary N) is 1. The molecule has 0 amide bonds. The highest BCUT2D eigenvalue weighted by molar-refractivity contribution is 5.21. The average molecular weight is 217 g/mol. The van der Waals surface area contributed by atoms with Crippen LogP contribution in [0.5, 0.6) is 0 Å². The van der Waals surface area contributed by atoms with E-state index in [1.54, 1.807) is 0 Å². The van der Waals surface area contributed by atoms with Crippen LogP contribution in [0.3, 0.4) is 0 Å². The largest absolute Gasteiger partial charge is 0.314 e. The van der Waals surface area contributed by atoms with E-state index >= 15 is 0 Å². The second-order valence-corrected chi connectivity index (χ2v) is 5.47. The number of benzene rings is 1. The second-order valence-electron chi connectivity index (χ2n) is 5.47. The molecule has 0 bridgehead atoms. The summed E-state index contributed by atoms with van der Waals surface area (Å²) in [5.74, 6) is 1.65. The molecule has 1 heterocycles. The molecule has 2 rings (SSSR count). The van der Waals surface area contributed by atoms with Crippen LogP contribution in [0.2, 0.25) is 0 Å². The Morgan fingerprint density at radius 2 is 1.88 bits per heavy atom. The zero-order chi connectivity index (χ0) is 11.5.